The van der Waals surface area contributed by atoms with Gasteiger partial charge < -0.3 is 9.84 Å². The molecule has 1 aliphatic rings. The highest BCUT2D eigenvalue weighted by Crippen LogP contribution is 2.38. The number of ether oxygens (including phenoxy) is 1. The van der Waals surface area contributed by atoms with Crippen LogP contribution in [0.3, 0.4) is 0 Å². The summed E-state index contributed by atoms with van der Waals surface area (Å²) in [5, 5.41) is 11.4. The highest BCUT2D eigenvalue weighted by atomic mass is 35.5. The van der Waals surface area contributed by atoms with Crippen LogP contribution in [-0.2, 0) is 6.61 Å². The molecule has 144 valence electrons. The molecule has 0 spiro atoms. The van der Waals surface area contributed by atoms with Crippen molar-refractivity contribution < 1.29 is 9.84 Å². The second-order valence-electron chi connectivity index (χ2n) is 7.10. The number of aryl methyl sites for hydroxylation is 1. The van der Waals surface area contributed by atoms with Crippen LogP contribution in [0.1, 0.15) is 34.2 Å². The molecule has 0 radical (unpaired) electrons. The summed E-state index contributed by atoms with van der Waals surface area (Å²) < 4.78 is 5.89. The van der Waals surface area contributed by atoms with E-state index in [-0.39, 0.29) is 17.7 Å². The third-order valence-corrected chi connectivity index (χ3v) is 5.52. The molecule has 1 heterocycles. The van der Waals surface area contributed by atoms with Crippen molar-refractivity contribution in [1.82, 2.24) is 10.9 Å². The van der Waals surface area contributed by atoms with Crippen LogP contribution in [0.15, 0.2) is 66.7 Å². The minimum atomic E-state index is -0.0356. The molecule has 2 unspecified atom stereocenters. The van der Waals surface area contributed by atoms with Crippen LogP contribution in [0, 0.1) is 6.92 Å². The molecule has 3 aromatic carbocycles. The molecule has 0 saturated carbocycles. The summed E-state index contributed by atoms with van der Waals surface area (Å²) in [6, 6.07) is 21.5. The maximum atomic E-state index is 10.6. The fourth-order valence-corrected chi connectivity index (χ4v) is 3.75. The van der Waals surface area contributed by atoms with Crippen molar-refractivity contribution in [3.05, 3.63) is 94.0 Å². The Morgan fingerprint density at radius 1 is 1.07 bits per heavy atom. The molecule has 3 aromatic rings. The average molecular weight is 395 g/mol. The van der Waals surface area contributed by atoms with Gasteiger partial charge in [-0.2, -0.15) is 0 Å². The van der Waals surface area contributed by atoms with Crippen molar-refractivity contribution in [3.63, 3.8) is 0 Å². The molecule has 5 heteroatoms. The van der Waals surface area contributed by atoms with Crippen LogP contribution in [0.2, 0.25) is 5.02 Å². The number of hydrogen-bond acceptors (Lipinski definition) is 4. The van der Waals surface area contributed by atoms with Gasteiger partial charge in [0.15, 0.2) is 0 Å². The molecular weight excluding hydrogens is 372 g/mol. The van der Waals surface area contributed by atoms with Gasteiger partial charge in [0.1, 0.15) is 18.1 Å². The van der Waals surface area contributed by atoms with E-state index in [0.717, 1.165) is 22.7 Å². The first-order chi connectivity index (χ1) is 13.6. The minimum Gasteiger partial charge on any atom is -0.507 e. The number of nitrogens with one attached hydrogen (secondary N) is 2. The highest BCUT2D eigenvalue weighted by Gasteiger charge is 2.31. The maximum Gasteiger partial charge on any atom is 0.124 e. The molecular formula is C23H23ClN2O2. The lowest BCUT2D eigenvalue weighted by Crippen LogP contribution is -2.25. The molecule has 28 heavy (non-hydrogen) atoms. The van der Waals surface area contributed by atoms with Gasteiger partial charge in [-0.15, -0.1) is 0 Å². The first-order valence-electron chi connectivity index (χ1n) is 9.36. The SMILES string of the molecule is Cc1ccccc1COc1ccc(C2NNCC2c2ccc(Cl)cc2)c(O)c1. The predicted octanol–water partition coefficient (Wildman–Crippen LogP) is 4.87. The second kappa shape index (κ2) is 8.23. The van der Waals surface area contributed by atoms with Crippen molar-refractivity contribution >= 4 is 11.6 Å². The van der Waals surface area contributed by atoms with Gasteiger partial charge in [-0.05, 0) is 41.8 Å². The van der Waals surface area contributed by atoms with E-state index >= 15 is 0 Å². The van der Waals surface area contributed by atoms with E-state index in [0.29, 0.717) is 12.4 Å². The number of rotatable bonds is 5. The van der Waals surface area contributed by atoms with Crippen LogP contribution in [-0.4, -0.2) is 11.7 Å². The first kappa shape index (κ1) is 18.8. The van der Waals surface area contributed by atoms with Crippen LogP contribution in [0.4, 0.5) is 0 Å². The number of benzene rings is 3. The summed E-state index contributed by atoms with van der Waals surface area (Å²) in [7, 11) is 0. The Labute approximate surface area is 170 Å². The molecule has 1 saturated heterocycles. The highest BCUT2D eigenvalue weighted by molar-refractivity contribution is 6.30. The lowest BCUT2D eigenvalue weighted by molar-refractivity contribution is 0.303. The third-order valence-electron chi connectivity index (χ3n) is 5.27. The summed E-state index contributed by atoms with van der Waals surface area (Å²) in [4.78, 5) is 0. The van der Waals surface area contributed by atoms with E-state index in [1.54, 1.807) is 6.07 Å². The van der Waals surface area contributed by atoms with Gasteiger partial charge in [0.05, 0.1) is 6.04 Å². The van der Waals surface area contributed by atoms with Gasteiger partial charge in [0, 0.05) is 29.1 Å². The smallest absolute Gasteiger partial charge is 0.124 e. The molecule has 0 bridgehead atoms. The van der Waals surface area contributed by atoms with E-state index in [2.05, 4.69) is 23.8 Å². The topological polar surface area (TPSA) is 53.5 Å². The van der Waals surface area contributed by atoms with Gasteiger partial charge in [-0.1, -0.05) is 54.1 Å². The van der Waals surface area contributed by atoms with E-state index in [9.17, 15) is 5.11 Å². The molecule has 1 fully saturated rings. The average Bonchev–Trinajstić information content (AvgIpc) is 3.17. The Hall–Kier alpha value is -2.53. The van der Waals surface area contributed by atoms with Crippen LogP contribution >= 0.6 is 11.6 Å². The number of phenolic OH excluding ortho intramolecular Hbond substituents is 1. The molecule has 0 amide bonds. The Morgan fingerprint density at radius 2 is 1.86 bits per heavy atom. The van der Waals surface area contributed by atoms with Crippen LogP contribution in [0.5, 0.6) is 11.5 Å². The standard InChI is InChI=1S/C23H23ClN2O2/c1-15-4-2-3-5-17(15)14-28-19-10-11-20(22(27)12-19)23-21(13-25-26-23)16-6-8-18(24)9-7-16/h2-12,21,23,25-27H,13-14H2,1H3. The van der Waals surface area contributed by atoms with Crippen LogP contribution in [0.25, 0.3) is 0 Å². The number of hydrogen-bond donors (Lipinski definition) is 3. The van der Waals surface area contributed by atoms with Gasteiger partial charge in [-0.3, -0.25) is 5.43 Å². The summed E-state index contributed by atoms with van der Waals surface area (Å²) in [5.74, 6) is 1.07. The Kier molecular flexibility index (Phi) is 5.53. The number of aromatic hydroxyl groups is 1. The summed E-state index contributed by atoms with van der Waals surface area (Å²) in [6.07, 6.45) is 0. The number of hydrazine groups is 1. The van der Waals surface area contributed by atoms with Gasteiger partial charge in [0.2, 0.25) is 0 Å². The normalized spacial score (nSPS) is 18.9. The zero-order chi connectivity index (χ0) is 19.5. The zero-order valence-electron chi connectivity index (χ0n) is 15.7. The molecule has 3 N–H and O–H groups in total. The largest absolute Gasteiger partial charge is 0.507 e. The first-order valence-corrected chi connectivity index (χ1v) is 9.73. The van der Waals surface area contributed by atoms with Crippen LogP contribution < -0.4 is 15.6 Å². The Bertz CT molecular complexity index is 959. The fourth-order valence-electron chi connectivity index (χ4n) is 3.62. The summed E-state index contributed by atoms with van der Waals surface area (Å²) >= 11 is 6.01. The Balaban J connectivity index is 1.51. The van der Waals surface area contributed by atoms with E-state index in [1.165, 1.54) is 11.1 Å². The fraction of sp³-hybridized carbons (Fsp3) is 0.217. The van der Waals surface area contributed by atoms with E-state index < -0.39 is 0 Å². The molecule has 0 aliphatic carbocycles. The van der Waals surface area contributed by atoms with Crippen molar-refractivity contribution in [2.24, 2.45) is 0 Å². The number of halogens is 1. The molecule has 0 aromatic heterocycles. The quantitative estimate of drug-likeness (QED) is 0.578. The molecule has 4 nitrogen and oxygen atoms in total. The lowest BCUT2D eigenvalue weighted by Gasteiger charge is -2.21. The second-order valence-corrected chi connectivity index (χ2v) is 7.53. The Morgan fingerprint density at radius 3 is 2.61 bits per heavy atom. The van der Waals surface area contributed by atoms with E-state index in [4.69, 9.17) is 16.3 Å². The summed E-state index contributed by atoms with van der Waals surface area (Å²) in [6.45, 7) is 3.31. The zero-order valence-corrected chi connectivity index (χ0v) is 16.4. The third kappa shape index (κ3) is 3.99. The maximum absolute atomic E-state index is 10.6. The van der Waals surface area contributed by atoms with Crippen molar-refractivity contribution in [2.75, 3.05) is 6.54 Å². The monoisotopic (exact) mass is 394 g/mol. The van der Waals surface area contributed by atoms with Gasteiger partial charge in [-0.25, -0.2) is 5.43 Å². The summed E-state index contributed by atoms with van der Waals surface area (Å²) in [5.41, 5.74) is 10.8. The lowest BCUT2D eigenvalue weighted by atomic mass is 9.88. The van der Waals surface area contributed by atoms with Crippen molar-refractivity contribution in [1.29, 1.82) is 0 Å². The predicted molar refractivity (Wildman–Crippen MR) is 112 cm³/mol. The minimum absolute atomic E-state index is 0.0356. The van der Waals surface area contributed by atoms with E-state index in [1.807, 2.05) is 54.6 Å². The molecule has 2 atom stereocenters. The van der Waals surface area contributed by atoms with Crippen molar-refractivity contribution in [2.45, 2.75) is 25.5 Å². The number of phenols is 1. The molecule has 4 rings (SSSR count). The van der Waals surface area contributed by atoms with Gasteiger partial charge >= 0.3 is 0 Å². The van der Waals surface area contributed by atoms with Gasteiger partial charge in [0.25, 0.3) is 0 Å². The van der Waals surface area contributed by atoms with Crippen molar-refractivity contribution in [3.8, 4) is 11.5 Å². The molecule has 1 aliphatic heterocycles.